The predicted octanol–water partition coefficient (Wildman–Crippen LogP) is 2.49. The number of pyridine rings is 1. The number of nitrogens with zero attached hydrogens (tertiary/aromatic N) is 4. The summed E-state index contributed by atoms with van der Waals surface area (Å²) in [5.41, 5.74) is 1.88. The fourth-order valence-corrected chi connectivity index (χ4v) is 4.93. The standard InChI is InChI=1S/C20H14N4OS2/c1-2-24-19(25)17(11-13-7-5-6-10-22-13)27-20(24)14(12-21)18-23-15-8-3-4-9-16(15)26-18/h3-11H,2H2,1H3. The molecule has 132 valence electrons. The van der Waals surface area contributed by atoms with Gasteiger partial charge in [-0.1, -0.05) is 18.2 Å². The van der Waals surface area contributed by atoms with Crippen LogP contribution < -0.4 is 14.8 Å². The first-order chi connectivity index (χ1) is 13.2. The van der Waals surface area contributed by atoms with Crippen molar-refractivity contribution in [3.8, 4) is 6.07 Å². The van der Waals surface area contributed by atoms with E-state index in [2.05, 4.69) is 16.0 Å². The molecular weight excluding hydrogens is 376 g/mol. The Morgan fingerprint density at radius 3 is 2.74 bits per heavy atom. The molecule has 0 aliphatic rings. The van der Waals surface area contributed by atoms with Gasteiger partial charge >= 0.3 is 0 Å². The SMILES string of the molecule is CCn1c(=C(C#N)c2nc3ccccc3s2)sc(=Cc2ccccn2)c1=O. The Hall–Kier alpha value is -3.08. The lowest BCUT2D eigenvalue weighted by Gasteiger charge is -1.96. The molecule has 0 spiro atoms. The third-order valence-corrected chi connectivity index (χ3v) is 6.21. The number of para-hydroxylation sites is 1. The second-order valence-corrected chi connectivity index (χ2v) is 7.75. The van der Waals surface area contributed by atoms with Crippen molar-refractivity contribution < 1.29 is 0 Å². The molecule has 27 heavy (non-hydrogen) atoms. The summed E-state index contributed by atoms with van der Waals surface area (Å²) in [4.78, 5) is 21.7. The Balaban J connectivity index is 2.01. The molecule has 0 saturated carbocycles. The first-order valence-corrected chi connectivity index (χ1v) is 9.97. The van der Waals surface area contributed by atoms with Crippen LogP contribution in [0, 0.1) is 11.3 Å². The van der Waals surface area contributed by atoms with Crippen LogP contribution in [-0.2, 0) is 6.54 Å². The number of rotatable bonds is 3. The van der Waals surface area contributed by atoms with Crippen molar-refractivity contribution in [3.63, 3.8) is 0 Å². The third kappa shape index (κ3) is 3.21. The number of aromatic nitrogens is 3. The molecule has 0 unspecified atom stereocenters. The lowest BCUT2D eigenvalue weighted by molar-refractivity contribution is 0.721. The maximum absolute atomic E-state index is 12.8. The van der Waals surface area contributed by atoms with Crippen molar-refractivity contribution in [3.05, 3.63) is 78.9 Å². The molecule has 0 amide bonds. The van der Waals surface area contributed by atoms with Crippen LogP contribution in [0.5, 0.6) is 0 Å². The molecular formula is C20H14N4OS2. The Morgan fingerprint density at radius 2 is 2.04 bits per heavy atom. The van der Waals surface area contributed by atoms with Gasteiger partial charge in [0.2, 0.25) is 0 Å². The zero-order valence-corrected chi connectivity index (χ0v) is 16.0. The van der Waals surface area contributed by atoms with Crippen LogP contribution in [0.4, 0.5) is 0 Å². The molecule has 3 heterocycles. The number of fused-ring (bicyclic) bond motifs is 1. The lowest BCUT2D eigenvalue weighted by atomic mass is 10.3. The zero-order chi connectivity index (χ0) is 18.8. The molecule has 4 aromatic rings. The second kappa shape index (κ2) is 7.27. The van der Waals surface area contributed by atoms with Crippen LogP contribution in [-0.4, -0.2) is 14.5 Å². The maximum Gasteiger partial charge on any atom is 0.269 e. The molecule has 1 aromatic carbocycles. The molecule has 7 heteroatoms. The summed E-state index contributed by atoms with van der Waals surface area (Å²) in [5, 5.41) is 10.4. The Morgan fingerprint density at radius 1 is 1.22 bits per heavy atom. The first-order valence-electron chi connectivity index (χ1n) is 8.34. The van der Waals surface area contributed by atoms with Crippen molar-refractivity contribution in [1.82, 2.24) is 14.5 Å². The average Bonchev–Trinajstić information content (AvgIpc) is 3.25. The highest BCUT2D eigenvalue weighted by Gasteiger charge is 2.14. The number of nitriles is 1. The zero-order valence-electron chi connectivity index (χ0n) is 14.4. The van der Waals surface area contributed by atoms with E-state index < -0.39 is 0 Å². The van der Waals surface area contributed by atoms with Gasteiger partial charge in [0, 0.05) is 12.7 Å². The molecule has 0 aliphatic heterocycles. The minimum Gasteiger partial charge on any atom is -0.298 e. The van der Waals surface area contributed by atoms with E-state index in [1.165, 1.54) is 22.7 Å². The summed E-state index contributed by atoms with van der Waals surface area (Å²) >= 11 is 2.77. The second-order valence-electron chi connectivity index (χ2n) is 5.69. The fourth-order valence-electron chi connectivity index (χ4n) is 2.75. The van der Waals surface area contributed by atoms with Crippen LogP contribution in [0.25, 0.3) is 21.9 Å². The molecule has 0 bridgehead atoms. The number of benzene rings is 1. The summed E-state index contributed by atoms with van der Waals surface area (Å²) in [6, 6.07) is 15.6. The van der Waals surface area contributed by atoms with Gasteiger partial charge < -0.3 is 0 Å². The summed E-state index contributed by atoms with van der Waals surface area (Å²) in [5.74, 6) is 0. The van der Waals surface area contributed by atoms with Crippen LogP contribution in [0.3, 0.4) is 0 Å². The number of hydrogen-bond acceptors (Lipinski definition) is 6. The molecule has 0 aliphatic carbocycles. The molecule has 0 atom stereocenters. The van der Waals surface area contributed by atoms with Crippen molar-refractivity contribution in [2.45, 2.75) is 13.5 Å². The largest absolute Gasteiger partial charge is 0.298 e. The van der Waals surface area contributed by atoms with Gasteiger partial charge in [-0.15, -0.1) is 22.7 Å². The average molecular weight is 390 g/mol. The van der Waals surface area contributed by atoms with Gasteiger partial charge in [-0.05, 0) is 37.3 Å². The van der Waals surface area contributed by atoms with Gasteiger partial charge in [0.25, 0.3) is 5.56 Å². The third-order valence-electron chi connectivity index (χ3n) is 4.02. The van der Waals surface area contributed by atoms with Crippen LogP contribution in [0.15, 0.2) is 53.5 Å². The van der Waals surface area contributed by atoms with E-state index in [-0.39, 0.29) is 5.56 Å². The monoisotopic (exact) mass is 390 g/mol. The number of thiazole rings is 2. The van der Waals surface area contributed by atoms with E-state index >= 15 is 0 Å². The van der Waals surface area contributed by atoms with E-state index in [0.717, 1.165) is 10.2 Å². The molecule has 3 aromatic heterocycles. The van der Waals surface area contributed by atoms with Gasteiger partial charge in [0.1, 0.15) is 21.3 Å². The molecule has 0 saturated heterocycles. The van der Waals surface area contributed by atoms with Crippen LogP contribution in [0.1, 0.15) is 17.6 Å². The minimum atomic E-state index is -0.114. The highest BCUT2D eigenvalue weighted by molar-refractivity contribution is 7.19. The van der Waals surface area contributed by atoms with Crippen molar-refractivity contribution in [2.75, 3.05) is 0 Å². The predicted molar refractivity (Wildman–Crippen MR) is 109 cm³/mol. The Labute approximate surface area is 162 Å². The summed E-state index contributed by atoms with van der Waals surface area (Å²) in [7, 11) is 0. The van der Waals surface area contributed by atoms with Crippen molar-refractivity contribution in [1.29, 1.82) is 5.26 Å². The minimum absolute atomic E-state index is 0.114. The molecule has 5 nitrogen and oxygen atoms in total. The van der Waals surface area contributed by atoms with E-state index in [0.29, 0.717) is 32.0 Å². The highest BCUT2D eigenvalue weighted by atomic mass is 32.1. The number of hydrogen-bond donors (Lipinski definition) is 0. The molecule has 0 fully saturated rings. The Bertz CT molecular complexity index is 1310. The first kappa shape index (κ1) is 17.3. The fraction of sp³-hybridized carbons (Fsp3) is 0.100. The van der Waals surface area contributed by atoms with Gasteiger partial charge in [-0.2, -0.15) is 5.26 Å². The van der Waals surface area contributed by atoms with E-state index in [1.807, 2.05) is 49.4 Å². The summed E-state index contributed by atoms with van der Waals surface area (Å²) in [6.07, 6.45) is 3.45. The van der Waals surface area contributed by atoms with Gasteiger partial charge in [0.15, 0.2) is 0 Å². The van der Waals surface area contributed by atoms with Gasteiger partial charge in [-0.3, -0.25) is 14.3 Å². The smallest absolute Gasteiger partial charge is 0.269 e. The van der Waals surface area contributed by atoms with Crippen molar-refractivity contribution >= 4 is 44.5 Å². The Kier molecular flexibility index (Phi) is 4.67. The molecule has 0 radical (unpaired) electrons. The molecule has 0 N–H and O–H groups in total. The quantitative estimate of drug-likeness (QED) is 0.539. The van der Waals surface area contributed by atoms with E-state index in [9.17, 15) is 10.1 Å². The van der Waals surface area contributed by atoms with Crippen LogP contribution in [0.2, 0.25) is 0 Å². The highest BCUT2D eigenvalue weighted by Crippen LogP contribution is 2.25. The van der Waals surface area contributed by atoms with E-state index in [4.69, 9.17) is 0 Å². The lowest BCUT2D eigenvalue weighted by Crippen LogP contribution is -2.31. The van der Waals surface area contributed by atoms with Crippen LogP contribution >= 0.6 is 22.7 Å². The van der Waals surface area contributed by atoms with E-state index in [1.54, 1.807) is 16.8 Å². The summed E-state index contributed by atoms with van der Waals surface area (Å²) < 4.78 is 3.83. The van der Waals surface area contributed by atoms with Gasteiger partial charge in [0.05, 0.1) is 20.4 Å². The summed E-state index contributed by atoms with van der Waals surface area (Å²) in [6.45, 7) is 2.38. The maximum atomic E-state index is 12.8. The van der Waals surface area contributed by atoms with Crippen molar-refractivity contribution in [2.24, 2.45) is 0 Å². The normalized spacial score (nSPS) is 13.0. The van der Waals surface area contributed by atoms with Gasteiger partial charge in [-0.25, -0.2) is 4.98 Å². The molecule has 4 rings (SSSR count). The topological polar surface area (TPSA) is 71.6 Å².